The molecule has 2 unspecified atom stereocenters. The second kappa shape index (κ2) is 4.89. The van der Waals surface area contributed by atoms with Crippen molar-refractivity contribution in [2.75, 3.05) is 26.2 Å². The quantitative estimate of drug-likeness (QED) is 0.753. The number of piperidine rings is 2. The number of hydrogen-bond acceptors (Lipinski definition) is 2. The molecular weight excluding hydrogens is 208 g/mol. The van der Waals surface area contributed by atoms with Gasteiger partial charge in [0.05, 0.1) is 0 Å². The molecule has 3 aliphatic rings. The summed E-state index contributed by atoms with van der Waals surface area (Å²) in [6, 6.07) is 0.934. The predicted molar refractivity (Wildman–Crippen MR) is 72.1 cm³/mol. The lowest BCUT2D eigenvalue weighted by Gasteiger charge is -2.46. The van der Waals surface area contributed by atoms with Crippen LogP contribution in [0.3, 0.4) is 0 Å². The molecule has 17 heavy (non-hydrogen) atoms. The molecule has 1 saturated carbocycles. The second-order valence-electron chi connectivity index (χ2n) is 6.86. The maximum atomic E-state index is 3.51. The van der Waals surface area contributed by atoms with Crippen LogP contribution in [0.5, 0.6) is 0 Å². The van der Waals surface area contributed by atoms with Crippen molar-refractivity contribution in [2.24, 2.45) is 11.3 Å². The molecule has 3 fully saturated rings. The Labute approximate surface area is 106 Å². The zero-order valence-electron chi connectivity index (χ0n) is 11.4. The molecule has 2 atom stereocenters. The normalized spacial score (nSPS) is 38.6. The van der Waals surface area contributed by atoms with Gasteiger partial charge in [0.1, 0.15) is 0 Å². The molecule has 98 valence electrons. The lowest BCUT2D eigenvalue weighted by atomic mass is 9.71. The summed E-state index contributed by atoms with van der Waals surface area (Å²) >= 11 is 0. The summed E-state index contributed by atoms with van der Waals surface area (Å²) in [7, 11) is 0. The van der Waals surface area contributed by atoms with Crippen molar-refractivity contribution in [2.45, 2.75) is 57.9 Å². The summed E-state index contributed by atoms with van der Waals surface area (Å²) in [4.78, 5) is 2.82. The summed E-state index contributed by atoms with van der Waals surface area (Å²) in [5.41, 5.74) is 0.728. The smallest absolute Gasteiger partial charge is 0.00979 e. The Balaban J connectivity index is 1.53. The Morgan fingerprint density at radius 1 is 1.00 bits per heavy atom. The minimum Gasteiger partial charge on any atom is -0.317 e. The Hall–Kier alpha value is -0.0800. The highest BCUT2D eigenvalue weighted by atomic mass is 15.2. The van der Waals surface area contributed by atoms with Crippen molar-refractivity contribution in [3.8, 4) is 0 Å². The highest BCUT2D eigenvalue weighted by Crippen LogP contribution is 2.41. The van der Waals surface area contributed by atoms with Gasteiger partial charge in [-0.2, -0.15) is 0 Å². The highest BCUT2D eigenvalue weighted by Gasteiger charge is 2.38. The zero-order chi connectivity index (χ0) is 11.7. The fourth-order valence-electron chi connectivity index (χ4n) is 4.33. The van der Waals surface area contributed by atoms with Crippen LogP contribution in [-0.2, 0) is 0 Å². The average Bonchev–Trinajstić information content (AvgIpc) is 2.78. The summed E-state index contributed by atoms with van der Waals surface area (Å²) in [5.74, 6) is 0.981. The molecule has 0 aromatic heterocycles. The van der Waals surface area contributed by atoms with Crippen LogP contribution < -0.4 is 5.32 Å². The summed E-state index contributed by atoms with van der Waals surface area (Å²) in [6.45, 7) is 7.73. The van der Waals surface area contributed by atoms with Crippen molar-refractivity contribution in [3.63, 3.8) is 0 Å². The first-order valence-corrected chi connectivity index (χ1v) is 7.72. The van der Waals surface area contributed by atoms with Gasteiger partial charge >= 0.3 is 0 Å². The van der Waals surface area contributed by atoms with Crippen molar-refractivity contribution in [1.82, 2.24) is 10.2 Å². The molecule has 3 rings (SSSR count). The first-order chi connectivity index (χ1) is 8.27. The maximum absolute atomic E-state index is 3.51. The topological polar surface area (TPSA) is 15.3 Å². The van der Waals surface area contributed by atoms with E-state index in [0.717, 1.165) is 17.4 Å². The first-order valence-electron chi connectivity index (χ1n) is 7.72. The molecule has 0 aromatic carbocycles. The number of hydrogen-bond donors (Lipinski definition) is 1. The molecule has 2 aliphatic heterocycles. The molecule has 1 aliphatic carbocycles. The van der Waals surface area contributed by atoms with Crippen LogP contribution in [0.25, 0.3) is 0 Å². The van der Waals surface area contributed by atoms with Crippen molar-refractivity contribution in [1.29, 1.82) is 0 Å². The van der Waals surface area contributed by atoms with Gasteiger partial charge in [-0.1, -0.05) is 6.92 Å². The molecule has 1 spiro atoms. The average molecular weight is 236 g/mol. The standard InChI is InChI=1S/C15H28N2/c1-13-2-3-14(12-13)17-10-6-15(7-11-17)4-8-16-9-5-15/h13-14,16H,2-12H2,1H3. The Morgan fingerprint density at radius 3 is 2.29 bits per heavy atom. The molecule has 1 N–H and O–H groups in total. The minimum atomic E-state index is 0.728. The van der Waals surface area contributed by atoms with Crippen molar-refractivity contribution < 1.29 is 0 Å². The van der Waals surface area contributed by atoms with Crippen LogP contribution in [-0.4, -0.2) is 37.1 Å². The van der Waals surface area contributed by atoms with Crippen LogP contribution in [0, 0.1) is 11.3 Å². The third kappa shape index (κ3) is 2.53. The zero-order valence-corrected chi connectivity index (χ0v) is 11.4. The molecule has 2 saturated heterocycles. The lowest BCUT2D eigenvalue weighted by Crippen LogP contribution is -2.48. The van der Waals surface area contributed by atoms with Crippen LogP contribution in [0.15, 0.2) is 0 Å². The summed E-state index contributed by atoms with van der Waals surface area (Å²) in [6.07, 6.45) is 10.2. The molecule has 0 bridgehead atoms. The van der Waals surface area contributed by atoms with E-state index in [-0.39, 0.29) is 0 Å². The number of likely N-dealkylation sites (tertiary alicyclic amines) is 1. The van der Waals surface area contributed by atoms with Gasteiger partial charge in [0, 0.05) is 6.04 Å². The van der Waals surface area contributed by atoms with Crippen LogP contribution in [0.2, 0.25) is 0 Å². The van der Waals surface area contributed by atoms with E-state index in [4.69, 9.17) is 0 Å². The van der Waals surface area contributed by atoms with Crippen LogP contribution >= 0.6 is 0 Å². The summed E-state index contributed by atoms with van der Waals surface area (Å²) < 4.78 is 0. The fraction of sp³-hybridized carbons (Fsp3) is 1.00. The van der Waals surface area contributed by atoms with E-state index in [1.807, 2.05) is 0 Å². The molecule has 2 heterocycles. The Morgan fingerprint density at radius 2 is 1.71 bits per heavy atom. The van der Waals surface area contributed by atoms with Gasteiger partial charge in [0.25, 0.3) is 0 Å². The molecule has 0 radical (unpaired) electrons. The second-order valence-corrected chi connectivity index (χ2v) is 6.86. The highest BCUT2D eigenvalue weighted by molar-refractivity contribution is 4.92. The molecule has 0 amide bonds. The SMILES string of the molecule is CC1CCC(N2CCC3(CCNCC3)CC2)C1. The third-order valence-electron chi connectivity index (χ3n) is 5.71. The maximum Gasteiger partial charge on any atom is 0.00979 e. The van der Waals surface area contributed by atoms with Crippen LogP contribution in [0.1, 0.15) is 51.9 Å². The van der Waals surface area contributed by atoms with E-state index in [1.54, 1.807) is 0 Å². The van der Waals surface area contributed by atoms with E-state index in [9.17, 15) is 0 Å². The lowest BCUT2D eigenvalue weighted by molar-refractivity contribution is 0.0506. The van der Waals surface area contributed by atoms with E-state index >= 15 is 0 Å². The molecule has 2 heteroatoms. The predicted octanol–water partition coefficient (Wildman–Crippen LogP) is 2.64. The molecular formula is C15H28N2. The number of rotatable bonds is 1. The van der Waals surface area contributed by atoms with Crippen LogP contribution in [0.4, 0.5) is 0 Å². The largest absolute Gasteiger partial charge is 0.317 e. The van der Waals surface area contributed by atoms with E-state index in [2.05, 4.69) is 17.1 Å². The van der Waals surface area contributed by atoms with E-state index in [0.29, 0.717) is 0 Å². The molecule has 2 nitrogen and oxygen atoms in total. The fourth-order valence-corrected chi connectivity index (χ4v) is 4.33. The number of nitrogens with zero attached hydrogens (tertiary/aromatic N) is 1. The Bertz CT molecular complexity index is 248. The Kier molecular flexibility index (Phi) is 3.45. The van der Waals surface area contributed by atoms with Gasteiger partial charge in [-0.3, -0.25) is 0 Å². The van der Waals surface area contributed by atoms with Gasteiger partial charge in [0.15, 0.2) is 0 Å². The van der Waals surface area contributed by atoms with Gasteiger partial charge in [-0.05, 0) is 82.5 Å². The monoisotopic (exact) mass is 236 g/mol. The van der Waals surface area contributed by atoms with Gasteiger partial charge < -0.3 is 10.2 Å². The van der Waals surface area contributed by atoms with E-state index in [1.165, 1.54) is 71.1 Å². The van der Waals surface area contributed by atoms with E-state index < -0.39 is 0 Å². The molecule has 0 aromatic rings. The van der Waals surface area contributed by atoms with Crippen molar-refractivity contribution in [3.05, 3.63) is 0 Å². The van der Waals surface area contributed by atoms with Crippen molar-refractivity contribution >= 4 is 0 Å². The van der Waals surface area contributed by atoms with Gasteiger partial charge in [0.2, 0.25) is 0 Å². The summed E-state index contributed by atoms with van der Waals surface area (Å²) in [5, 5.41) is 3.51. The van der Waals surface area contributed by atoms with Gasteiger partial charge in [-0.25, -0.2) is 0 Å². The third-order valence-corrected chi connectivity index (χ3v) is 5.71. The number of nitrogens with one attached hydrogen (secondary N) is 1. The van der Waals surface area contributed by atoms with Gasteiger partial charge in [-0.15, -0.1) is 0 Å². The first kappa shape index (κ1) is 12.0. The minimum absolute atomic E-state index is 0.728.